The van der Waals surface area contributed by atoms with Crippen LogP contribution in [0.25, 0.3) is 0 Å². The molecule has 0 saturated heterocycles. The van der Waals surface area contributed by atoms with Crippen molar-refractivity contribution >= 4 is 21.6 Å². The Hall–Kier alpha value is -2.45. The first-order chi connectivity index (χ1) is 11.3. The summed E-state index contributed by atoms with van der Waals surface area (Å²) in [5, 5.41) is 2.56. The molecule has 0 bridgehead atoms. The molecule has 0 spiro atoms. The SMILES string of the molecule is CNS(=O)(=O)c1cc(NC(=O)COc2ccc(F)cc2)ccc1C. The van der Waals surface area contributed by atoms with E-state index in [-0.39, 0.29) is 11.5 Å². The zero-order valence-corrected chi connectivity index (χ0v) is 14.0. The van der Waals surface area contributed by atoms with Crippen LogP contribution >= 0.6 is 0 Å². The summed E-state index contributed by atoms with van der Waals surface area (Å²) < 4.78 is 44.1. The number of ether oxygens (including phenoxy) is 1. The number of amides is 1. The minimum Gasteiger partial charge on any atom is -0.484 e. The van der Waals surface area contributed by atoms with Gasteiger partial charge in [0.1, 0.15) is 11.6 Å². The van der Waals surface area contributed by atoms with Crippen molar-refractivity contribution in [3.8, 4) is 5.75 Å². The fraction of sp³-hybridized carbons (Fsp3) is 0.188. The predicted octanol–water partition coefficient (Wildman–Crippen LogP) is 2.06. The maximum Gasteiger partial charge on any atom is 0.262 e. The molecule has 0 aliphatic heterocycles. The van der Waals surface area contributed by atoms with Gasteiger partial charge in [0, 0.05) is 5.69 Å². The first-order valence-electron chi connectivity index (χ1n) is 7.04. The lowest BCUT2D eigenvalue weighted by molar-refractivity contribution is -0.118. The third-order valence-corrected chi connectivity index (χ3v) is 4.77. The highest BCUT2D eigenvalue weighted by molar-refractivity contribution is 7.89. The van der Waals surface area contributed by atoms with Gasteiger partial charge in [-0.15, -0.1) is 0 Å². The number of sulfonamides is 1. The highest BCUT2D eigenvalue weighted by Crippen LogP contribution is 2.20. The number of anilines is 1. The minimum atomic E-state index is -3.61. The van der Waals surface area contributed by atoms with Crippen molar-refractivity contribution in [3.05, 3.63) is 53.8 Å². The largest absolute Gasteiger partial charge is 0.484 e. The number of hydrogen-bond donors (Lipinski definition) is 2. The molecule has 0 unspecified atom stereocenters. The van der Waals surface area contributed by atoms with Crippen LogP contribution < -0.4 is 14.8 Å². The molecule has 2 aromatic carbocycles. The smallest absolute Gasteiger partial charge is 0.262 e. The Balaban J connectivity index is 2.04. The van der Waals surface area contributed by atoms with E-state index in [0.29, 0.717) is 17.0 Å². The zero-order chi connectivity index (χ0) is 17.7. The summed E-state index contributed by atoms with van der Waals surface area (Å²) in [5.74, 6) is -0.505. The molecular weight excluding hydrogens is 335 g/mol. The van der Waals surface area contributed by atoms with Crippen LogP contribution in [0.2, 0.25) is 0 Å². The number of rotatable bonds is 6. The van der Waals surface area contributed by atoms with Crippen LogP contribution in [0.15, 0.2) is 47.4 Å². The summed E-state index contributed by atoms with van der Waals surface area (Å²) in [6.45, 7) is 1.38. The number of benzene rings is 2. The molecular formula is C16H17FN2O4S. The monoisotopic (exact) mass is 352 g/mol. The first-order valence-corrected chi connectivity index (χ1v) is 8.52. The van der Waals surface area contributed by atoms with Gasteiger partial charge in [0.2, 0.25) is 10.0 Å². The fourth-order valence-corrected chi connectivity index (χ4v) is 2.95. The van der Waals surface area contributed by atoms with Crippen molar-refractivity contribution in [2.75, 3.05) is 19.0 Å². The molecule has 6 nitrogen and oxygen atoms in total. The normalized spacial score (nSPS) is 11.1. The van der Waals surface area contributed by atoms with E-state index in [1.165, 1.54) is 37.4 Å². The minimum absolute atomic E-state index is 0.0854. The Morgan fingerprint density at radius 1 is 1.17 bits per heavy atom. The lowest BCUT2D eigenvalue weighted by atomic mass is 10.2. The van der Waals surface area contributed by atoms with E-state index in [0.717, 1.165) is 0 Å². The van der Waals surface area contributed by atoms with Crippen LogP contribution in [-0.4, -0.2) is 28.0 Å². The van der Waals surface area contributed by atoms with E-state index in [1.54, 1.807) is 19.1 Å². The van der Waals surface area contributed by atoms with Gasteiger partial charge in [-0.05, 0) is 55.9 Å². The lowest BCUT2D eigenvalue weighted by Crippen LogP contribution is -2.22. The number of carbonyl (C=O) groups is 1. The number of carbonyl (C=O) groups excluding carboxylic acids is 1. The van der Waals surface area contributed by atoms with Gasteiger partial charge >= 0.3 is 0 Å². The van der Waals surface area contributed by atoms with Crippen molar-refractivity contribution in [3.63, 3.8) is 0 Å². The maximum absolute atomic E-state index is 12.8. The van der Waals surface area contributed by atoms with E-state index in [1.807, 2.05) is 0 Å². The second-order valence-electron chi connectivity index (χ2n) is 4.98. The Kier molecular flexibility index (Phi) is 5.53. The van der Waals surface area contributed by atoms with Crippen molar-refractivity contribution in [1.82, 2.24) is 4.72 Å². The quantitative estimate of drug-likeness (QED) is 0.833. The first kappa shape index (κ1) is 17.9. The highest BCUT2D eigenvalue weighted by Gasteiger charge is 2.15. The molecule has 0 heterocycles. The number of hydrogen-bond acceptors (Lipinski definition) is 4. The Morgan fingerprint density at radius 3 is 2.46 bits per heavy atom. The van der Waals surface area contributed by atoms with Gasteiger partial charge in [-0.1, -0.05) is 6.07 Å². The molecule has 1 amide bonds. The summed E-state index contributed by atoms with van der Waals surface area (Å²) in [6.07, 6.45) is 0. The average Bonchev–Trinajstić information content (AvgIpc) is 2.56. The summed E-state index contributed by atoms with van der Waals surface area (Å²) in [6, 6.07) is 9.83. The molecule has 0 radical (unpaired) electrons. The predicted molar refractivity (Wildman–Crippen MR) is 87.9 cm³/mol. The van der Waals surface area contributed by atoms with E-state index in [9.17, 15) is 17.6 Å². The highest BCUT2D eigenvalue weighted by atomic mass is 32.2. The van der Waals surface area contributed by atoms with E-state index < -0.39 is 21.7 Å². The van der Waals surface area contributed by atoms with Crippen molar-refractivity contribution in [2.24, 2.45) is 0 Å². The molecule has 24 heavy (non-hydrogen) atoms. The molecule has 2 rings (SSSR count). The summed E-state index contributed by atoms with van der Waals surface area (Å²) >= 11 is 0. The van der Waals surface area contributed by atoms with Crippen molar-refractivity contribution < 1.29 is 22.3 Å². The molecule has 8 heteroatoms. The Bertz CT molecular complexity index is 836. The standard InChI is InChI=1S/C16H17FN2O4S/c1-11-3-6-13(9-15(11)24(21,22)18-2)19-16(20)10-23-14-7-4-12(17)5-8-14/h3-9,18H,10H2,1-2H3,(H,19,20). The van der Waals surface area contributed by atoms with Gasteiger partial charge in [0.15, 0.2) is 6.61 Å². The second-order valence-corrected chi connectivity index (χ2v) is 6.83. The molecule has 0 aliphatic rings. The summed E-state index contributed by atoms with van der Waals surface area (Å²) in [5.41, 5.74) is 0.895. The third-order valence-electron chi connectivity index (χ3n) is 3.21. The summed E-state index contributed by atoms with van der Waals surface area (Å²) in [4.78, 5) is 12.0. The lowest BCUT2D eigenvalue weighted by Gasteiger charge is -2.11. The Labute approximate surface area is 139 Å². The van der Waals surface area contributed by atoms with Crippen LogP contribution in [0.3, 0.4) is 0 Å². The fourth-order valence-electron chi connectivity index (χ4n) is 1.95. The van der Waals surface area contributed by atoms with Gasteiger partial charge in [-0.3, -0.25) is 4.79 Å². The number of aryl methyl sites for hydroxylation is 1. The average molecular weight is 352 g/mol. The second kappa shape index (κ2) is 7.41. The maximum atomic E-state index is 12.8. The molecule has 0 aliphatic carbocycles. The zero-order valence-electron chi connectivity index (χ0n) is 13.2. The third kappa shape index (κ3) is 4.53. The van der Waals surface area contributed by atoms with Gasteiger partial charge in [0.25, 0.3) is 5.91 Å². The van der Waals surface area contributed by atoms with Crippen molar-refractivity contribution in [1.29, 1.82) is 0 Å². The molecule has 2 N–H and O–H groups in total. The molecule has 2 aromatic rings. The van der Waals surface area contributed by atoms with Crippen LogP contribution in [0, 0.1) is 12.7 Å². The number of halogens is 1. The van der Waals surface area contributed by atoms with Gasteiger partial charge in [-0.2, -0.15) is 0 Å². The molecule has 128 valence electrons. The van der Waals surface area contributed by atoms with Crippen LogP contribution in [0.4, 0.5) is 10.1 Å². The Morgan fingerprint density at radius 2 is 1.83 bits per heavy atom. The summed E-state index contributed by atoms with van der Waals surface area (Å²) in [7, 11) is -2.30. The van der Waals surface area contributed by atoms with E-state index in [2.05, 4.69) is 10.0 Å². The van der Waals surface area contributed by atoms with Crippen LogP contribution in [0.1, 0.15) is 5.56 Å². The van der Waals surface area contributed by atoms with E-state index >= 15 is 0 Å². The van der Waals surface area contributed by atoms with Crippen LogP contribution in [-0.2, 0) is 14.8 Å². The molecule has 0 aromatic heterocycles. The van der Waals surface area contributed by atoms with Crippen LogP contribution in [0.5, 0.6) is 5.75 Å². The van der Waals surface area contributed by atoms with E-state index in [4.69, 9.17) is 4.74 Å². The number of nitrogens with one attached hydrogen (secondary N) is 2. The molecule has 0 fully saturated rings. The van der Waals surface area contributed by atoms with Crippen molar-refractivity contribution in [2.45, 2.75) is 11.8 Å². The molecule has 0 saturated carbocycles. The topological polar surface area (TPSA) is 84.5 Å². The van der Waals surface area contributed by atoms with Gasteiger partial charge in [0.05, 0.1) is 4.90 Å². The van der Waals surface area contributed by atoms with Gasteiger partial charge < -0.3 is 10.1 Å². The molecule has 0 atom stereocenters. The van der Waals surface area contributed by atoms with Gasteiger partial charge in [-0.25, -0.2) is 17.5 Å².